The van der Waals surface area contributed by atoms with E-state index < -0.39 is 4.92 Å². The zero-order valence-electron chi connectivity index (χ0n) is 16.0. The molecule has 2 aromatic carbocycles. The van der Waals surface area contributed by atoms with Gasteiger partial charge < -0.3 is 14.4 Å². The number of amides is 1. The van der Waals surface area contributed by atoms with Crippen molar-refractivity contribution < 1.29 is 19.2 Å². The van der Waals surface area contributed by atoms with Gasteiger partial charge in [0.1, 0.15) is 11.5 Å². The highest BCUT2D eigenvalue weighted by Crippen LogP contribution is 2.36. The fourth-order valence-electron chi connectivity index (χ4n) is 2.76. The minimum absolute atomic E-state index is 0.0257. The number of hydrogen-bond acceptors (Lipinski definition) is 6. The van der Waals surface area contributed by atoms with E-state index in [4.69, 9.17) is 9.47 Å². The van der Waals surface area contributed by atoms with E-state index in [2.05, 4.69) is 0 Å². The Morgan fingerprint density at radius 3 is 2.69 bits per heavy atom. The number of hydrogen-bond donors (Lipinski definition) is 0. The van der Waals surface area contributed by atoms with Crippen LogP contribution in [0.1, 0.15) is 5.56 Å². The van der Waals surface area contributed by atoms with Gasteiger partial charge in [0, 0.05) is 36.2 Å². The molecule has 3 aromatic rings. The molecule has 0 spiro atoms. The zero-order chi connectivity index (χ0) is 20.8. The van der Waals surface area contributed by atoms with Crippen molar-refractivity contribution in [2.45, 2.75) is 6.54 Å². The lowest BCUT2D eigenvalue weighted by Crippen LogP contribution is -2.31. The Bertz CT molecular complexity index is 1000. The van der Waals surface area contributed by atoms with Crippen LogP contribution in [0.15, 0.2) is 60.0 Å². The number of benzene rings is 2. The van der Waals surface area contributed by atoms with Crippen LogP contribution in [-0.4, -0.2) is 36.5 Å². The summed E-state index contributed by atoms with van der Waals surface area (Å²) in [4.78, 5) is 25.6. The van der Waals surface area contributed by atoms with Gasteiger partial charge in [0.25, 0.3) is 11.6 Å². The van der Waals surface area contributed by atoms with E-state index in [-0.39, 0.29) is 18.2 Å². The zero-order valence-corrected chi connectivity index (χ0v) is 16.8. The Morgan fingerprint density at radius 2 is 2.00 bits per heavy atom. The van der Waals surface area contributed by atoms with Crippen LogP contribution in [0.25, 0.3) is 10.4 Å². The van der Waals surface area contributed by atoms with E-state index in [0.717, 1.165) is 16.2 Å². The lowest BCUT2D eigenvalue weighted by Gasteiger charge is -2.18. The van der Waals surface area contributed by atoms with E-state index in [0.29, 0.717) is 17.9 Å². The fraction of sp³-hybridized carbons (Fsp3) is 0.190. The van der Waals surface area contributed by atoms with Gasteiger partial charge in [0.05, 0.1) is 12.0 Å². The van der Waals surface area contributed by atoms with Crippen LogP contribution in [0.3, 0.4) is 0 Å². The summed E-state index contributed by atoms with van der Waals surface area (Å²) in [5, 5.41) is 13.0. The highest BCUT2D eigenvalue weighted by Gasteiger charge is 2.16. The van der Waals surface area contributed by atoms with Crippen molar-refractivity contribution >= 4 is 22.9 Å². The molecule has 0 aliphatic carbocycles. The summed E-state index contributed by atoms with van der Waals surface area (Å²) in [5.74, 6) is 0.954. The molecule has 1 heterocycles. The summed E-state index contributed by atoms with van der Waals surface area (Å²) in [7, 11) is 3.29. The molecule has 8 heteroatoms. The summed E-state index contributed by atoms with van der Waals surface area (Å²) < 4.78 is 10.9. The minimum Gasteiger partial charge on any atom is -0.497 e. The number of carbonyl (C=O) groups is 1. The van der Waals surface area contributed by atoms with E-state index in [1.165, 1.54) is 29.5 Å². The molecule has 0 atom stereocenters. The van der Waals surface area contributed by atoms with Gasteiger partial charge in [0.15, 0.2) is 6.61 Å². The largest absolute Gasteiger partial charge is 0.497 e. The maximum absolute atomic E-state index is 12.5. The van der Waals surface area contributed by atoms with Gasteiger partial charge >= 0.3 is 0 Å². The van der Waals surface area contributed by atoms with Gasteiger partial charge in [-0.15, -0.1) is 11.3 Å². The average Bonchev–Trinajstić information content (AvgIpc) is 3.26. The first-order chi connectivity index (χ1) is 14.0. The molecule has 0 saturated heterocycles. The molecule has 1 aromatic heterocycles. The predicted octanol–water partition coefficient (Wildman–Crippen LogP) is 4.37. The molecule has 0 saturated carbocycles. The third-order valence-corrected chi connectivity index (χ3v) is 5.19. The predicted molar refractivity (Wildman–Crippen MR) is 111 cm³/mol. The molecule has 0 unspecified atom stereocenters. The third kappa shape index (κ3) is 5.11. The molecular formula is C21H20N2O5S. The van der Waals surface area contributed by atoms with Crippen LogP contribution in [0.5, 0.6) is 11.5 Å². The summed E-state index contributed by atoms with van der Waals surface area (Å²) in [5.41, 5.74) is 1.51. The van der Waals surface area contributed by atoms with Crippen molar-refractivity contribution in [3.05, 3.63) is 75.7 Å². The SMILES string of the molecule is COc1cccc(CN(C)C(=O)COc2ccc([N+](=O)[O-])cc2-c2cccs2)c1. The first kappa shape index (κ1) is 20.3. The standard InChI is InChI=1S/C21H20N2O5S/c1-22(13-15-5-3-6-17(11-15)27-2)21(24)14-28-19-9-8-16(23(25)26)12-18(19)20-7-4-10-29-20/h3-12H,13-14H2,1-2H3. The lowest BCUT2D eigenvalue weighted by molar-refractivity contribution is -0.384. The van der Waals surface area contributed by atoms with Crippen LogP contribution in [0.2, 0.25) is 0 Å². The summed E-state index contributed by atoms with van der Waals surface area (Å²) >= 11 is 1.45. The fourth-order valence-corrected chi connectivity index (χ4v) is 3.51. The van der Waals surface area contributed by atoms with Crippen molar-refractivity contribution in [3.8, 4) is 21.9 Å². The molecule has 3 rings (SSSR count). The van der Waals surface area contributed by atoms with Crippen molar-refractivity contribution in [2.24, 2.45) is 0 Å². The number of likely N-dealkylation sites (N-methyl/N-ethyl adjacent to an activating group) is 1. The molecule has 0 N–H and O–H groups in total. The van der Waals surface area contributed by atoms with Gasteiger partial charge in [-0.3, -0.25) is 14.9 Å². The average molecular weight is 412 g/mol. The lowest BCUT2D eigenvalue weighted by atomic mass is 10.1. The molecule has 0 aliphatic heterocycles. The molecule has 1 amide bonds. The number of thiophene rings is 1. The number of nitrogens with zero attached hydrogens (tertiary/aromatic N) is 2. The van der Waals surface area contributed by atoms with Gasteiger partial charge in [0.2, 0.25) is 0 Å². The van der Waals surface area contributed by atoms with Gasteiger partial charge in [-0.2, -0.15) is 0 Å². The van der Waals surface area contributed by atoms with E-state index in [9.17, 15) is 14.9 Å². The van der Waals surface area contributed by atoms with Gasteiger partial charge in [-0.05, 0) is 35.2 Å². The quantitative estimate of drug-likeness (QED) is 0.405. The normalized spacial score (nSPS) is 10.4. The molecule has 0 radical (unpaired) electrons. The number of carbonyl (C=O) groups excluding carboxylic acids is 1. The Labute approximate surface area is 172 Å². The maximum Gasteiger partial charge on any atom is 0.270 e. The Balaban J connectivity index is 1.70. The monoisotopic (exact) mass is 412 g/mol. The van der Waals surface area contributed by atoms with Gasteiger partial charge in [-0.25, -0.2) is 0 Å². The molecule has 7 nitrogen and oxygen atoms in total. The van der Waals surface area contributed by atoms with E-state index >= 15 is 0 Å². The van der Waals surface area contributed by atoms with E-state index in [1.807, 2.05) is 41.8 Å². The first-order valence-electron chi connectivity index (χ1n) is 8.80. The smallest absolute Gasteiger partial charge is 0.270 e. The van der Waals surface area contributed by atoms with Crippen molar-refractivity contribution in [2.75, 3.05) is 20.8 Å². The van der Waals surface area contributed by atoms with E-state index in [1.54, 1.807) is 19.1 Å². The topological polar surface area (TPSA) is 81.9 Å². The Kier molecular flexibility index (Phi) is 6.46. The van der Waals surface area contributed by atoms with Crippen molar-refractivity contribution in [1.29, 1.82) is 0 Å². The molecule has 0 bridgehead atoms. The second-order valence-corrected chi connectivity index (χ2v) is 7.25. The summed E-state index contributed by atoms with van der Waals surface area (Å²) in [6.07, 6.45) is 0. The first-order valence-corrected chi connectivity index (χ1v) is 9.68. The molecule has 0 aliphatic rings. The third-order valence-electron chi connectivity index (χ3n) is 4.29. The Hall–Kier alpha value is -3.39. The second-order valence-electron chi connectivity index (χ2n) is 6.30. The van der Waals surface area contributed by atoms with Crippen LogP contribution in [-0.2, 0) is 11.3 Å². The minimum atomic E-state index is -0.450. The molecular weight excluding hydrogens is 392 g/mol. The van der Waals surface area contributed by atoms with Crippen LogP contribution < -0.4 is 9.47 Å². The highest BCUT2D eigenvalue weighted by molar-refractivity contribution is 7.13. The number of rotatable bonds is 8. The summed E-state index contributed by atoms with van der Waals surface area (Å²) in [6.45, 7) is 0.244. The number of non-ortho nitro benzene ring substituents is 1. The van der Waals surface area contributed by atoms with Gasteiger partial charge in [-0.1, -0.05) is 18.2 Å². The molecule has 0 fully saturated rings. The van der Waals surface area contributed by atoms with Crippen LogP contribution >= 0.6 is 11.3 Å². The van der Waals surface area contributed by atoms with Crippen LogP contribution in [0, 0.1) is 10.1 Å². The number of nitro benzene ring substituents is 1. The maximum atomic E-state index is 12.5. The Morgan fingerprint density at radius 1 is 1.17 bits per heavy atom. The molecule has 29 heavy (non-hydrogen) atoms. The number of methoxy groups -OCH3 is 1. The second kappa shape index (κ2) is 9.20. The number of ether oxygens (including phenoxy) is 2. The van der Waals surface area contributed by atoms with Crippen molar-refractivity contribution in [3.63, 3.8) is 0 Å². The molecule has 150 valence electrons. The van der Waals surface area contributed by atoms with Crippen molar-refractivity contribution in [1.82, 2.24) is 4.90 Å². The number of nitro groups is 1. The van der Waals surface area contributed by atoms with Crippen LogP contribution in [0.4, 0.5) is 5.69 Å². The summed E-state index contributed by atoms with van der Waals surface area (Å²) in [6, 6.07) is 15.6. The highest BCUT2D eigenvalue weighted by atomic mass is 32.1.